The lowest BCUT2D eigenvalue weighted by atomic mass is 10.1. The minimum absolute atomic E-state index is 0. The molecule has 3 nitrogen and oxygen atoms in total. The van der Waals surface area contributed by atoms with Crippen LogP contribution >= 0.6 is 24.0 Å². The zero-order valence-corrected chi connectivity index (χ0v) is 10.5. The molecule has 0 amide bonds. The molecule has 86 valence electrons. The molecule has 0 saturated heterocycles. The highest BCUT2D eigenvalue weighted by Gasteiger charge is 2.03. The molecule has 0 N–H and O–H groups in total. The van der Waals surface area contributed by atoms with Gasteiger partial charge in [0.15, 0.2) is 0 Å². The van der Waals surface area contributed by atoms with Crippen LogP contribution in [0.15, 0.2) is 30.3 Å². The first-order chi connectivity index (χ1) is 7.25. The second kappa shape index (κ2) is 5.87. The number of nitrogens with zero attached hydrogens (tertiary/aromatic N) is 3. The topological polar surface area (TPSA) is 30.7 Å². The maximum atomic E-state index is 5.70. The van der Waals surface area contributed by atoms with E-state index in [-0.39, 0.29) is 12.4 Å². The van der Waals surface area contributed by atoms with Gasteiger partial charge in [-0.15, -0.1) is 17.5 Å². The summed E-state index contributed by atoms with van der Waals surface area (Å²) in [5.74, 6) is 0.857. The summed E-state index contributed by atoms with van der Waals surface area (Å²) < 4.78 is 1.83. The predicted molar refractivity (Wildman–Crippen MR) is 67.2 cm³/mol. The Morgan fingerprint density at radius 2 is 1.94 bits per heavy atom. The predicted octanol–water partition coefficient (Wildman–Crippen LogP) is 2.90. The third-order valence-corrected chi connectivity index (χ3v) is 2.45. The molecule has 2 aromatic rings. The van der Waals surface area contributed by atoms with Crippen LogP contribution in [0.5, 0.6) is 0 Å². The summed E-state index contributed by atoms with van der Waals surface area (Å²) in [5, 5.41) is 4.42. The molecule has 2 rings (SSSR count). The molecule has 0 unspecified atom stereocenters. The van der Waals surface area contributed by atoms with Gasteiger partial charge in [-0.2, -0.15) is 0 Å². The van der Waals surface area contributed by atoms with Crippen LogP contribution in [-0.2, 0) is 13.0 Å². The van der Waals surface area contributed by atoms with Gasteiger partial charge in [0.1, 0.15) is 5.82 Å². The molecule has 0 aliphatic carbocycles. The van der Waals surface area contributed by atoms with Gasteiger partial charge in [0.2, 0.25) is 5.28 Å². The summed E-state index contributed by atoms with van der Waals surface area (Å²) in [6.45, 7) is 2.72. The molecule has 0 bridgehead atoms. The number of aryl methyl sites for hydroxylation is 3. The molecule has 0 fully saturated rings. The molecule has 0 atom stereocenters. The van der Waals surface area contributed by atoms with Gasteiger partial charge in [0.25, 0.3) is 0 Å². The van der Waals surface area contributed by atoms with Crippen molar-refractivity contribution in [2.75, 3.05) is 0 Å². The van der Waals surface area contributed by atoms with Crippen LogP contribution in [0.2, 0.25) is 5.28 Å². The van der Waals surface area contributed by atoms with Crippen LogP contribution in [-0.4, -0.2) is 14.8 Å². The monoisotopic (exact) mass is 257 g/mol. The standard InChI is InChI=1S/C11H12ClN3.ClH/c1-9-13-11(12)14-15(9)8-7-10-5-3-2-4-6-10;/h2-6H,7-8H2,1H3;1H. The first kappa shape index (κ1) is 13.0. The van der Waals surface area contributed by atoms with Crippen LogP contribution < -0.4 is 0 Å². The van der Waals surface area contributed by atoms with Crippen molar-refractivity contribution in [2.45, 2.75) is 19.9 Å². The largest absolute Gasteiger partial charge is 0.248 e. The fourth-order valence-electron chi connectivity index (χ4n) is 1.48. The Labute approximate surface area is 106 Å². The van der Waals surface area contributed by atoms with Gasteiger partial charge in [0, 0.05) is 6.54 Å². The van der Waals surface area contributed by atoms with Gasteiger partial charge in [-0.3, -0.25) is 0 Å². The molecule has 0 spiro atoms. The Kier molecular flexibility index (Phi) is 4.77. The van der Waals surface area contributed by atoms with Crippen molar-refractivity contribution in [1.29, 1.82) is 0 Å². The average Bonchev–Trinajstić information content (AvgIpc) is 2.56. The van der Waals surface area contributed by atoms with E-state index in [1.807, 2.05) is 29.8 Å². The van der Waals surface area contributed by atoms with E-state index in [1.165, 1.54) is 5.56 Å². The van der Waals surface area contributed by atoms with Crippen LogP contribution in [0, 0.1) is 6.92 Å². The Hall–Kier alpha value is -1.06. The lowest BCUT2D eigenvalue weighted by molar-refractivity contribution is 0.595. The Bertz CT molecular complexity index is 440. The van der Waals surface area contributed by atoms with Gasteiger partial charge < -0.3 is 0 Å². The van der Waals surface area contributed by atoms with Gasteiger partial charge in [-0.25, -0.2) is 9.67 Å². The van der Waals surface area contributed by atoms with E-state index < -0.39 is 0 Å². The summed E-state index contributed by atoms with van der Waals surface area (Å²) in [4.78, 5) is 4.04. The fourth-order valence-corrected chi connectivity index (χ4v) is 1.69. The Balaban J connectivity index is 0.00000128. The van der Waals surface area contributed by atoms with Crippen molar-refractivity contribution >= 4 is 24.0 Å². The van der Waals surface area contributed by atoms with E-state index in [4.69, 9.17) is 11.6 Å². The maximum absolute atomic E-state index is 5.70. The van der Waals surface area contributed by atoms with E-state index in [0.29, 0.717) is 5.28 Å². The highest BCUT2D eigenvalue weighted by Crippen LogP contribution is 2.05. The second-order valence-electron chi connectivity index (χ2n) is 3.39. The molecule has 1 aromatic heterocycles. The summed E-state index contributed by atoms with van der Waals surface area (Å²) in [5.41, 5.74) is 1.29. The minimum atomic E-state index is 0. The summed E-state index contributed by atoms with van der Waals surface area (Å²) in [6, 6.07) is 10.3. The molecule has 16 heavy (non-hydrogen) atoms. The fraction of sp³-hybridized carbons (Fsp3) is 0.273. The molecule has 5 heteroatoms. The van der Waals surface area contributed by atoms with Crippen molar-refractivity contribution in [3.63, 3.8) is 0 Å². The Morgan fingerprint density at radius 1 is 1.25 bits per heavy atom. The SMILES string of the molecule is Cc1nc(Cl)nn1CCc1ccccc1.Cl. The maximum Gasteiger partial charge on any atom is 0.242 e. The van der Waals surface area contributed by atoms with Gasteiger partial charge in [-0.1, -0.05) is 30.3 Å². The van der Waals surface area contributed by atoms with Crippen molar-refractivity contribution < 1.29 is 0 Å². The van der Waals surface area contributed by atoms with Gasteiger partial charge in [0.05, 0.1) is 0 Å². The molecule has 0 aliphatic heterocycles. The number of halogens is 2. The van der Waals surface area contributed by atoms with Crippen molar-refractivity contribution in [3.8, 4) is 0 Å². The highest BCUT2D eigenvalue weighted by atomic mass is 35.5. The van der Waals surface area contributed by atoms with E-state index in [9.17, 15) is 0 Å². The van der Waals surface area contributed by atoms with Crippen LogP contribution in [0.25, 0.3) is 0 Å². The second-order valence-corrected chi connectivity index (χ2v) is 3.72. The zero-order valence-electron chi connectivity index (χ0n) is 8.93. The van der Waals surface area contributed by atoms with E-state index >= 15 is 0 Å². The smallest absolute Gasteiger partial charge is 0.242 e. The number of hydrogen-bond acceptors (Lipinski definition) is 2. The third-order valence-electron chi connectivity index (χ3n) is 2.29. The molecule has 0 radical (unpaired) electrons. The summed E-state index contributed by atoms with van der Waals surface area (Å²) in [7, 11) is 0. The lowest BCUT2D eigenvalue weighted by Gasteiger charge is -2.02. The van der Waals surface area contributed by atoms with Gasteiger partial charge >= 0.3 is 0 Å². The number of rotatable bonds is 3. The van der Waals surface area contributed by atoms with Crippen LogP contribution in [0.4, 0.5) is 0 Å². The molecule has 0 saturated carbocycles. The average molecular weight is 258 g/mol. The zero-order chi connectivity index (χ0) is 10.7. The lowest BCUT2D eigenvalue weighted by Crippen LogP contribution is -2.05. The van der Waals surface area contributed by atoms with E-state index in [1.54, 1.807) is 0 Å². The Morgan fingerprint density at radius 3 is 2.50 bits per heavy atom. The van der Waals surface area contributed by atoms with E-state index in [2.05, 4.69) is 22.2 Å². The summed E-state index contributed by atoms with van der Waals surface area (Å²) >= 11 is 5.70. The number of benzene rings is 1. The molecular formula is C11H13Cl2N3. The molecule has 1 aromatic carbocycles. The third kappa shape index (κ3) is 3.22. The van der Waals surface area contributed by atoms with Crippen LogP contribution in [0.3, 0.4) is 0 Å². The molecule has 1 heterocycles. The normalized spacial score (nSPS) is 9.88. The van der Waals surface area contributed by atoms with Crippen molar-refractivity contribution in [3.05, 3.63) is 47.0 Å². The first-order valence-electron chi connectivity index (χ1n) is 4.86. The number of aromatic nitrogens is 3. The van der Waals surface area contributed by atoms with Gasteiger partial charge in [-0.05, 0) is 30.5 Å². The quantitative estimate of drug-likeness (QED) is 0.847. The highest BCUT2D eigenvalue weighted by molar-refractivity contribution is 6.28. The van der Waals surface area contributed by atoms with Crippen LogP contribution in [0.1, 0.15) is 11.4 Å². The first-order valence-corrected chi connectivity index (χ1v) is 5.24. The summed E-state index contributed by atoms with van der Waals surface area (Å²) in [6.07, 6.45) is 0.946. The molecular weight excluding hydrogens is 245 g/mol. The minimum Gasteiger partial charge on any atom is -0.248 e. The van der Waals surface area contributed by atoms with E-state index in [0.717, 1.165) is 18.8 Å². The number of hydrogen-bond donors (Lipinski definition) is 0. The van der Waals surface area contributed by atoms with Crippen molar-refractivity contribution in [2.24, 2.45) is 0 Å². The molecule has 0 aliphatic rings. The van der Waals surface area contributed by atoms with Crippen molar-refractivity contribution in [1.82, 2.24) is 14.8 Å².